The summed E-state index contributed by atoms with van der Waals surface area (Å²) in [5.74, 6) is 0.548. The van der Waals surface area contributed by atoms with E-state index in [2.05, 4.69) is 9.68 Å². The Morgan fingerprint density at radius 3 is 3.10 bits per heavy atom. The monoisotopic (exact) mass is 137 g/mol. The third-order valence-corrected chi connectivity index (χ3v) is 1.76. The Morgan fingerprint density at radius 2 is 2.50 bits per heavy atom. The molecule has 0 amide bonds. The second-order valence-electron chi connectivity index (χ2n) is 2.55. The van der Waals surface area contributed by atoms with Gasteiger partial charge in [0.25, 0.3) is 0 Å². The van der Waals surface area contributed by atoms with Gasteiger partial charge in [-0.25, -0.2) is 0 Å². The van der Waals surface area contributed by atoms with Crippen molar-refractivity contribution in [2.75, 3.05) is 0 Å². The first-order valence-corrected chi connectivity index (χ1v) is 3.31. The minimum Gasteiger partial charge on any atom is -0.364 e. The van der Waals surface area contributed by atoms with Crippen LogP contribution in [0.25, 0.3) is 0 Å². The molecule has 0 unspecified atom stereocenters. The first-order chi connectivity index (χ1) is 4.92. The van der Waals surface area contributed by atoms with Crippen molar-refractivity contribution in [1.29, 1.82) is 0 Å². The first-order valence-electron chi connectivity index (χ1n) is 3.31. The summed E-state index contributed by atoms with van der Waals surface area (Å²) in [6, 6.07) is 0. The van der Waals surface area contributed by atoms with Gasteiger partial charge < -0.3 is 4.52 Å². The topological polar surface area (TPSA) is 43.1 Å². The van der Waals surface area contributed by atoms with E-state index in [9.17, 15) is 4.79 Å². The normalized spacial score (nSPS) is 17.2. The summed E-state index contributed by atoms with van der Waals surface area (Å²) in [6.45, 7) is 0. The number of rotatable bonds is 2. The number of hydrogen-bond donors (Lipinski definition) is 0. The van der Waals surface area contributed by atoms with Gasteiger partial charge in [0.15, 0.2) is 6.29 Å². The predicted octanol–water partition coefficient (Wildman–Crippen LogP) is 1.36. The smallest absolute Gasteiger partial charge is 0.172 e. The zero-order valence-electron chi connectivity index (χ0n) is 5.41. The van der Waals surface area contributed by atoms with E-state index in [4.69, 9.17) is 0 Å². The molecule has 1 saturated carbocycles. The van der Waals surface area contributed by atoms with Crippen LogP contribution in [-0.4, -0.2) is 11.4 Å². The number of nitrogens with zero attached hydrogens (tertiary/aromatic N) is 1. The van der Waals surface area contributed by atoms with Crippen LogP contribution in [0, 0.1) is 0 Å². The van der Waals surface area contributed by atoms with Crippen LogP contribution in [0.1, 0.15) is 34.8 Å². The lowest BCUT2D eigenvalue weighted by molar-refractivity contribution is 0.111. The molecule has 0 saturated heterocycles. The lowest BCUT2D eigenvalue weighted by Gasteiger charge is -1.85. The standard InChI is InChI=1S/C7H7NO2/c9-3-7-6(4-10-8-7)5-1-2-5/h3-5H,1-2H2. The third-order valence-electron chi connectivity index (χ3n) is 1.76. The molecule has 1 fully saturated rings. The van der Waals surface area contributed by atoms with Gasteiger partial charge in [0.1, 0.15) is 12.0 Å². The van der Waals surface area contributed by atoms with Gasteiger partial charge in [0.05, 0.1) is 0 Å². The molecular formula is C7H7NO2. The molecule has 2 rings (SSSR count). The zero-order chi connectivity index (χ0) is 6.97. The third kappa shape index (κ3) is 0.744. The highest BCUT2D eigenvalue weighted by atomic mass is 16.5. The van der Waals surface area contributed by atoms with Crippen molar-refractivity contribution in [3.8, 4) is 0 Å². The largest absolute Gasteiger partial charge is 0.364 e. The van der Waals surface area contributed by atoms with Crippen molar-refractivity contribution in [3.05, 3.63) is 17.5 Å². The van der Waals surface area contributed by atoms with Crippen molar-refractivity contribution < 1.29 is 9.32 Å². The Labute approximate surface area is 58.0 Å². The van der Waals surface area contributed by atoms with Gasteiger partial charge in [-0.1, -0.05) is 5.16 Å². The van der Waals surface area contributed by atoms with Crippen LogP contribution in [0.3, 0.4) is 0 Å². The highest BCUT2D eigenvalue weighted by Gasteiger charge is 2.28. The Morgan fingerprint density at radius 1 is 1.70 bits per heavy atom. The minimum atomic E-state index is 0.475. The maximum Gasteiger partial charge on any atom is 0.172 e. The van der Waals surface area contributed by atoms with E-state index >= 15 is 0 Å². The molecule has 1 aliphatic rings. The maximum absolute atomic E-state index is 10.3. The van der Waals surface area contributed by atoms with E-state index in [-0.39, 0.29) is 0 Å². The molecule has 1 aromatic heterocycles. The number of hydrogen-bond acceptors (Lipinski definition) is 3. The van der Waals surface area contributed by atoms with Crippen LogP contribution in [0.15, 0.2) is 10.8 Å². The van der Waals surface area contributed by atoms with Crippen LogP contribution < -0.4 is 0 Å². The van der Waals surface area contributed by atoms with E-state index < -0.39 is 0 Å². The summed E-state index contributed by atoms with van der Waals surface area (Å²) in [6.07, 6.45) is 4.66. The van der Waals surface area contributed by atoms with Gasteiger partial charge in [-0.2, -0.15) is 0 Å². The Balaban J connectivity index is 2.37. The number of carbonyl (C=O) groups excluding carboxylic acids is 1. The molecule has 0 aliphatic heterocycles. The molecule has 1 heterocycles. The van der Waals surface area contributed by atoms with Gasteiger partial charge in [-0.15, -0.1) is 0 Å². The Bertz CT molecular complexity index is 250. The van der Waals surface area contributed by atoms with Crippen molar-refractivity contribution in [1.82, 2.24) is 5.16 Å². The summed E-state index contributed by atoms with van der Waals surface area (Å²) in [5, 5.41) is 3.55. The fourth-order valence-electron chi connectivity index (χ4n) is 1.04. The maximum atomic E-state index is 10.3. The minimum absolute atomic E-state index is 0.475. The molecule has 0 atom stereocenters. The van der Waals surface area contributed by atoms with E-state index in [0.717, 1.165) is 11.8 Å². The summed E-state index contributed by atoms with van der Waals surface area (Å²) in [4.78, 5) is 10.3. The van der Waals surface area contributed by atoms with Crippen molar-refractivity contribution in [2.24, 2.45) is 0 Å². The molecule has 0 spiro atoms. The van der Waals surface area contributed by atoms with Crippen LogP contribution in [-0.2, 0) is 0 Å². The summed E-state index contributed by atoms with van der Waals surface area (Å²) < 4.78 is 4.66. The van der Waals surface area contributed by atoms with E-state index in [1.165, 1.54) is 12.8 Å². The molecule has 0 radical (unpaired) electrons. The van der Waals surface area contributed by atoms with E-state index in [1.807, 2.05) is 0 Å². The predicted molar refractivity (Wildman–Crippen MR) is 33.9 cm³/mol. The fourth-order valence-corrected chi connectivity index (χ4v) is 1.04. The molecule has 10 heavy (non-hydrogen) atoms. The highest BCUT2D eigenvalue weighted by Crippen LogP contribution is 2.40. The van der Waals surface area contributed by atoms with Gasteiger partial charge in [0.2, 0.25) is 0 Å². The molecule has 52 valence electrons. The van der Waals surface area contributed by atoms with Gasteiger partial charge in [0, 0.05) is 5.56 Å². The molecule has 3 heteroatoms. The molecule has 1 aliphatic carbocycles. The lowest BCUT2D eigenvalue weighted by atomic mass is 10.2. The van der Waals surface area contributed by atoms with E-state index in [0.29, 0.717) is 11.6 Å². The van der Waals surface area contributed by atoms with Gasteiger partial charge >= 0.3 is 0 Å². The average molecular weight is 137 g/mol. The van der Waals surface area contributed by atoms with Crippen molar-refractivity contribution in [3.63, 3.8) is 0 Å². The van der Waals surface area contributed by atoms with Crippen LogP contribution >= 0.6 is 0 Å². The highest BCUT2D eigenvalue weighted by molar-refractivity contribution is 5.74. The molecule has 0 N–H and O–H groups in total. The second kappa shape index (κ2) is 1.94. The number of carbonyl (C=O) groups is 1. The fraction of sp³-hybridized carbons (Fsp3) is 0.429. The van der Waals surface area contributed by atoms with Crippen LogP contribution in [0.5, 0.6) is 0 Å². The molecule has 0 bridgehead atoms. The zero-order valence-corrected chi connectivity index (χ0v) is 5.41. The molecular weight excluding hydrogens is 130 g/mol. The van der Waals surface area contributed by atoms with Gasteiger partial charge in [-0.3, -0.25) is 4.79 Å². The van der Waals surface area contributed by atoms with Crippen molar-refractivity contribution in [2.45, 2.75) is 18.8 Å². The van der Waals surface area contributed by atoms with E-state index in [1.54, 1.807) is 6.26 Å². The van der Waals surface area contributed by atoms with Crippen molar-refractivity contribution >= 4 is 6.29 Å². The number of aldehydes is 1. The first kappa shape index (κ1) is 5.65. The molecule has 1 aromatic rings. The summed E-state index contributed by atoms with van der Waals surface area (Å²) in [7, 11) is 0. The lowest BCUT2D eigenvalue weighted by Crippen LogP contribution is -1.84. The quantitative estimate of drug-likeness (QED) is 0.578. The van der Waals surface area contributed by atoms with Gasteiger partial charge in [-0.05, 0) is 18.8 Å². The SMILES string of the molecule is O=Cc1nocc1C1CC1. The van der Waals surface area contributed by atoms with Crippen LogP contribution in [0.4, 0.5) is 0 Å². The second-order valence-corrected chi connectivity index (χ2v) is 2.55. The number of aromatic nitrogens is 1. The molecule has 0 aromatic carbocycles. The van der Waals surface area contributed by atoms with Crippen LogP contribution in [0.2, 0.25) is 0 Å². The summed E-state index contributed by atoms with van der Waals surface area (Å²) >= 11 is 0. The Kier molecular flexibility index (Phi) is 1.09. The average Bonchev–Trinajstić information content (AvgIpc) is 2.69. The molecule has 3 nitrogen and oxygen atoms in total. The Hall–Kier alpha value is -1.12. The summed E-state index contributed by atoms with van der Waals surface area (Å²) in [5.41, 5.74) is 1.46.